The number of rotatable bonds is 2. The number of carbonyl (C=O) groups excluding carboxylic acids is 1. The van der Waals surface area contributed by atoms with Gasteiger partial charge in [-0.25, -0.2) is 4.98 Å². The number of halogens is 2. The summed E-state index contributed by atoms with van der Waals surface area (Å²) < 4.78 is 0.211. The first kappa shape index (κ1) is 11.3. The van der Waals surface area contributed by atoms with Crippen molar-refractivity contribution in [2.45, 2.75) is 0 Å². The predicted octanol–water partition coefficient (Wildman–Crippen LogP) is 2.49. The van der Waals surface area contributed by atoms with E-state index < -0.39 is 5.91 Å². The maximum atomic E-state index is 11.6. The monoisotopic (exact) mass is 274 g/mol. The van der Waals surface area contributed by atoms with E-state index in [9.17, 15) is 4.79 Å². The molecule has 0 aliphatic carbocycles. The zero-order chi connectivity index (χ0) is 11.5. The highest BCUT2D eigenvalue weighted by Gasteiger charge is 2.13. The molecule has 2 heterocycles. The molecule has 0 unspecified atom stereocenters. The van der Waals surface area contributed by atoms with E-state index in [4.69, 9.17) is 23.2 Å². The molecule has 1 N–H and O–H groups in total. The maximum Gasteiger partial charge on any atom is 0.286 e. The van der Waals surface area contributed by atoms with Crippen LogP contribution in [-0.2, 0) is 0 Å². The van der Waals surface area contributed by atoms with Crippen LogP contribution in [-0.4, -0.2) is 21.1 Å². The summed E-state index contributed by atoms with van der Waals surface area (Å²) in [7, 11) is 0. The summed E-state index contributed by atoms with van der Waals surface area (Å²) in [6, 6.07) is 3.30. The van der Waals surface area contributed by atoms with Gasteiger partial charge in [-0.05, 0) is 23.7 Å². The summed E-state index contributed by atoms with van der Waals surface area (Å²) >= 11 is 12.3. The largest absolute Gasteiger partial charge is 0.317 e. The zero-order valence-electron chi connectivity index (χ0n) is 7.65. The highest BCUT2D eigenvalue weighted by atomic mass is 35.5. The first-order valence-corrected chi connectivity index (χ1v) is 5.65. The third kappa shape index (κ3) is 2.46. The van der Waals surface area contributed by atoms with Crippen LogP contribution in [0.1, 0.15) is 9.80 Å². The summed E-state index contributed by atoms with van der Waals surface area (Å²) in [6.45, 7) is 0. The van der Waals surface area contributed by atoms with Crippen LogP contribution in [0.3, 0.4) is 0 Å². The molecular weight excluding hydrogens is 271 g/mol. The number of pyridine rings is 1. The molecule has 0 aliphatic heterocycles. The summed E-state index contributed by atoms with van der Waals surface area (Å²) in [5.41, 5.74) is 0.417. The minimum atomic E-state index is -0.417. The molecule has 0 aliphatic rings. The molecule has 0 saturated carbocycles. The number of nitrogens with zero attached hydrogens (tertiary/aromatic N) is 3. The van der Waals surface area contributed by atoms with Crippen molar-refractivity contribution in [1.82, 2.24) is 15.2 Å². The van der Waals surface area contributed by atoms with Gasteiger partial charge in [0.05, 0.1) is 5.69 Å². The Morgan fingerprint density at radius 1 is 1.38 bits per heavy atom. The summed E-state index contributed by atoms with van der Waals surface area (Å²) in [4.78, 5) is 15.5. The lowest BCUT2D eigenvalue weighted by Gasteiger charge is -2.02. The molecule has 0 spiro atoms. The molecule has 2 rings (SSSR count). The van der Waals surface area contributed by atoms with Crippen molar-refractivity contribution in [3.8, 4) is 0 Å². The third-order valence-corrected chi connectivity index (χ3v) is 2.92. The van der Waals surface area contributed by atoms with Gasteiger partial charge < -0.3 is 5.32 Å². The van der Waals surface area contributed by atoms with Crippen LogP contribution in [0.25, 0.3) is 0 Å². The zero-order valence-corrected chi connectivity index (χ0v) is 9.97. The van der Waals surface area contributed by atoms with E-state index in [0.717, 1.165) is 11.3 Å². The second kappa shape index (κ2) is 4.73. The Labute approximate surface area is 104 Å². The first-order valence-electron chi connectivity index (χ1n) is 4.07. The van der Waals surface area contributed by atoms with E-state index in [1.54, 1.807) is 12.1 Å². The van der Waals surface area contributed by atoms with Crippen LogP contribution in [0, 0.1) is 0 Å². The lowest BCUT2D eigenvalue weighted by Crippen LogP contribution is -2.12. The van der Waals surface area contributed by atoms with Crippen molar-refractivity contribution < 1.29 is 4.79 Å². The van der Waals surface area contributed by atoms with Gasteiger partial charge in [0.15, 0.2) is 5.15 Å². The molecule has 0 atom stereocenters. The average Bonchev–Trinajstić information content (AvgIpc) is 2.68. The number of nitrogens with one attached hydrogen (secondary N) is 1. The molecule has 1 amide bonds. The topological polar surface area (TPSA) is 67.8 Å². The first-order chi connectivity index (χ1) is 7.66. The van der Waals surface area contributed by atoms with E-state index in [0.29, 0.717) is 5.69 Å². The number of aromatic nitrogens is 3. The average molecular weight is 275 g/mol. The lowest BCUT2D eigenvalue weighted by molar-refractivity contribution is 0.102. The molecule has 2 aromatic heterocycles. The normalized spacial score (nSPS) is 10.1. The molecule has 0 fully saturated rings. The second-order valence-corrected chi connectivity index (χ2v) is 4.57. The lowest BCUT2D eigenvalue weighted by atomic mass is 10.4. The van der Waals surface area contributed by atoms with Gasteiger partial charge in [0.1, 0.15) is 0 Å². The predicted molar refractivity (Wildman–Crippen MR) is 62.1 cm³/mol. The minimum Gasteiger partial charge on any atom is -0.317 e. The van der Waals surface area contributed by atoms with E-state index in [-0.39, 0.29) is 14.6 Å². The number of amides is 1. The van der Waals surface area contributed by atoms with Gasteiger partial charge in [-0.15, -0.1) is 10.2 Å². The Hall–Kier alpha value is -1.24. The van der Waals surface area contributed by atoms with Crippen LogP contribution in [0.2, 0.25) is 9.62 Å². The van der Waals surface area contributed by atoms with Crippen LogP contribution >= 0.6 is 34.5 Å². The molecule has 0 radical (unpaired) electrons. The highest BCUT2D eigenvalue weighted by Crippen LogP contribution is 2.20. The summed E-state index contributed by atoms with van der Waals surface area (Å²) in [6.07, 6.45) is 1.53. The number of hydrogen-bond acceptors (Lipinski definition) is 5. The molecule has 16 heavy (non-hydrogen) atoms. The van der Waals surface area contributed by atoms with E-state index >= 15 is 0 Å². The van der Waals surface area contributed by atoms with E-state index in [2.05, 4.69) is 20.5 Å². The van der Waals surface area contributed by atoms with Crippen LogP contribution in [0.4, 0.5) is 5.69 Å². The Kier molecular flexibility index (Phi) is 3.33. The molecule has 8 heteroatoms. The molecule has 0 saturated heterocycles. The van der Waals surface area contributed by atoms with Gasteiger partial charge in [0, 0.05) is 6.20 Å². The number of anilines is 1. The third-order valence-electron chi connectivity index (χ3n) is 1.60. The summed E-state index contributed by atoms with van der Waals surface area (Å²) in [5.74, 6) is -0.417. The Balaban J connectivity index is 2.17. The van der Waals surface area contributed by atoms with Gasteiger partial charge in [-0.1, -0.05) is 22.9 Å². The van der Waals surface area contributed by atoms with Crippen LogP contribution in [0.15, 0.2) is 18.3 Å². The van der Waals surface area contributed by atoms with Crippen LogP contribution < -0.4 is 5.32 Å². The fraction of sp³-hybridized carbons (Fsp3) is 0. The van der Waals surface area contributed by atoms with Crippen molar-refractivity contribution in [2.75, 3.05) is 5.32 Å². The fourth-order valence-electron chi connectivity index (χ4n) is 0.952. The SMILES string of the molecule is O=C(Nc1cccnc1Cl)c1nnc(Cl)s1. The van der Waals surface area contributed by atoms with Crippen molar-refractivity contribution in [1.29, 1.82) is 0 Å². The molecule has 2 aromatic rings. The maximum absolute atomic E-state index is 11.6. The molecular formula is C8H4Cl2N4OS. The Morgan fingerprint density at radius 3 is 2.81 bits per heavy atom. The number of carbonyl (C=O) groups is 1. The van der Waals surface area contributed by atoms with E-state index in [1.807, 2.05) is 0 Å². The number of hydrogen-bond donors (Lipinski definition) is 1. The smallest absolute Gasteiger partial charge is 0.286 e. The van der Waals surface area contributed by atoms with Gasteiger partial charge in [-0.3, -0.25) is 4.79 Å². The van der Waals surface area contributed by atoms with Gasteiger partial charge in [0.2, 0.25) is 9.47 Å². The van der Waals surface area contributed by atoms with Gasteiger partial charge in [-0.2, -0.15) is 0 Å². The van der Waals surface area contributed by atoms with Gasteiger partial charge >= 0.3 is 0 Å². The Bertz CT molecular complexity index is 530. The van der Waals surface area contributed by atoms with Crippen LogP contribution in [0.5, 0.6) is 0 Å². The fourth-order valence-corrected chi connectivity index (χ4v) is 1.84. The highest BCUT2D eigenvalue weighted by molar-refractivity contribution is 7.17. The van der Waals surface area contributed by atoms with Crippen molar-refractivity contribution in [2.24, 2.45) is 0 Å². The second-order valence-electron chi connectivity index (χ2n) is 2.66. The quantitative estimate of drug-likeness (QED) is 0.855. The van der Waals surface area contributed by atoms with E-state index in [1.165, 1.54) is 6.20 Å². The molecule has 0 aromatic carbocycles. The standard InChI is InChI=1S/C8H4Cl2N4OS/c9-5-4(2-1-3-11-5)12-6(15)7-13-14-8(10)16-7/h1-3H,(H,12,15). The molecule has 0 bridgehead atoms. The molecule has 5 nitrogen and oxygen atoms in total. The van der Waals surface area contributed by atoms with Gasteiger partial charge in [0.25, 0.3) is 5.91 Å². The van der Waals surface area contributed by atoms with Crippen molar-refractivity contribution >= 4 is 46.1 Å². The van der Waals surface area contributed by atoms with Crippen molar-refractivity contribution in [3.05, 3.63) is 33.0 Å². The molecule has 82 valence electrons. The summed E-state index contributed by atoms with van der Waals surface area (Å²) in [5, 5.41) is 10.1. The van der Waals surface area contributed by atoms with Crippen molar-refractivity contribution in [3.63, 3.8) is 0 Å². The minimum absolute atomic E-state index is 0.171. The Morgan fingerprint density at radius 2 is 2.19 bits per heavy atom.